The highest BCUT2D eigenvalue weighted by atomic mass is 79.9. The number of hydrogen-bond acceptors (Lipinski definition) is 4. The van der Waals surface area contributed by atoms with Crippen molar-refractivity contribution in [1.82, 2.24) is 9.71 Å². The van der Waals surface area contributed by atoms with Crippen molar-refractivity contribution in [2.45, 2.75) is 13.3 Å². The number of benzene rings is 1. The Morgan fingerprint density at radius 2 is 2.06 bits per heavy atom. The third kappa shape index (κ3) is 2.38. The van der Waals surface area contributed by atoms with Gasteiger partial charge in [-0.25, -0.2) is 0 Å². The monoisotopic (exact) mass is 309 g/mol. The number of aromatic nitrogens is 2. The Kier molecular flexibility index (Phi) is 3.66. The minimum absolute atomic E-state index is 0.263. The first kappa shape index (κ1) is 12.6. The van der Waals surface area contributed by atoms with Gasteiger partial charge in [-0.15, -0.1) is 0 Å². The first-order valence-corrected chi connectivity index (χ1v) is 6.21. The summed E-state index contributed by atoms with van der Waals surface area (Å²) >= 11 is 3.33. The van der Waals surface area contributed by atoms with Gasteiger partial charge in [-0.2, -0.15) is 9.71 Å². The second-order valence-corrected chi connectivity index (χ2v) is 4.37. The minimum atomic E-state index is -0.263. The lowest BCUT2D eigenvalue weighted by atomic mass is 10.3. The molecule has 2 rings (SSSR count). The lowest BCUT2D eigenvalue weighted by molar-refractivity contribution is 0.153. The Morgan fingerprint density at radius 1 is 1.39 bits per heavy atom. The van der Waals surface area contributed by atoms with Crippen molar-refractivity contribution in [3.05, 3.63) is 46.1 Å². The fourth-order valence-electron chi connectivity index (χ4n) is 1.51. The summed E-state index contributed by atoms with van der Waals surface area (Å²) in [6.45, 7) is 1.87. The molecule has 0 aliphatic heterocycles. The highest BCUT2D eigenvalue weighted by molar-refractivity contribution is 9.10. The minimum Gasteiger partial charge on any atom is -0.438 e. The van der Waals surface area contributed by atoms with Gasteiger partial charge in [0.2, 0.25) is 5.88 Å². The van der Waals surface area contributed by atoms with Crippen molar-refractivity contribution in [2.75, 3.05) is 0 Å². The molecule has 0 unspecified atom stereocenters. The topological polar surface area (TPSA) is 71.1 Å². The van der Waals surface area contributed by atoms with Crippen molar-refractivity contribution < 1.29 is 9.94 Å². The molecule has 18 heavy (non-hydrogen) atoms. The van der Waals surface area contributed by atoms with Crippen LogP contribution >= 0.6 is 15.9 Å². The van der Waals surface area contributed by atoms with E-state index in [2.05, 4.69) is 20.9 Å². The van der Waals surface area contributed by atoms with E-state index in [0.29, 0.717) is 22.3 Å². The van der Waals surface area contributed by atoms with Gasteiger partial charge in [0.1, 0.15) is 10.2 Å². The molecular formula is C12H12BrN3O2. The van der Waals surface area contributed by atoms with Gasteiger partial charge >= 0.3 is 0 Å². The fraction of sp³-hybridized carbons (Fsp3) is 0.167. The third-order valence-corrected chi connectivity index (χ3v) is 3.19. The van der Waals surface area contributed by atoms with E-state index >= 15 is 0 Å². The van der Waals surface area contributed by atoms with Gasteiger partial charge in [-0.3, -0.25) is 5.41 Å². The Labute approximate surface area is 112 Å². The van der Waals surface area contributed by atoms with Crippen LogP contribution in [0.25, 0.3) is 0 Å². The molecule has 0 aliphatic rings. The van der Waals surface area contributed by atoms with Crippen LogP contribution in [-0.2, 0) is 6.42 Å². The van der Waals surface area contributed by atoms with Crippen molar-refractivity contribution in [3.63, 3.8) is 0 Å². The van der Waals surface area contributed by atoms with Crippen LogP contribution in [0.5, 0.6) is 11.6 Å². The standard InChI is InChI=1S/C12H12BrN3O2/c1-2-9-10(13)11(15-12(14)16(9)17)18-8-6-4-3-5-7-8/h3-7,14,17H,2H2,1H3. The zero-order valence-electron chi connectivity index (χ0n) is 9.72. The number of ether oxygens (including phenoxy) is 1. The molecule has 1 heterocycles. The molecule has 0 aliphatic carbocycles. The molecule has 0 saturated carbocycles. The van der Waals surface area contributed by atoms with Gasteiger partial charge in [0, 0.05) is 0 Å². The van der Waals surface area contributed by atoms with Crippen LogP contribution < -0.4 is 10.4 Å². The highest BCUT2D eigenvalue weighted by Crippen LogP contribution is 2.28. The van der Waals surface area contributed by atoms with Crippen molar-refractivity contribution in [3.8, 4) is 11.6 Å². The molecule has 2 N–H and O–H groups in total. The summed E-state index contributed by atoms with van der Waals surface area (Å²) in [7, 11) is 0. The van der Waals surface area contributed by atoms with E-state index < -0.39 is 0 Å². The van der Waals surface area contributed by atoms with Crippen LogP contribution in [0.2, 0.25) is 0 Å². The Balaban J connectivity index is 2.46. The average Bonchev–Trinajstić information content (AvgIpc) is 2.38. The first-order valence-electron chi connectivity index (χ1n) is 5.41. The maximum Gasteiger partial charge on any atom is 0.259 e. The Bertz CT molecular complexity index is 611. The summed E-state index contributed by atoms with van der Waals surface area (Å²) in [6.07, 6.45) is 0.552. The molecule has 0 atom stereocenters. The second-order valence-electron chi connectivity index (χ2n) is 3.58. The van der Waals surface area contributed by atoms with Crippen LogP contribution in [-0.4, -0.2) is 14.9 Å². The number of hydrogen-bond donors (Lipinski definition) is 2. The normalized spacial score (nSPS) is 10.3. The number of nitrogens with zero attached hydrogens (tertiary/aromatic N) is 2. The Morgan fingerprint density at radius 3 is 2.67 bits per heavy atom. The molecule has 1 aromatic heterocycles. The summed E-state index contributed by atoms with van der Waals surface area (Å²) < 4.78 is 6.87. The van der Waals surface area contributed by atoms with E-state index in [1.54, 1.807) is 12.1 Å². The zero-order valence-corrected chi connectivity index (χ0v) is 11.3. The molecule has 5 nitrogen and oxygen atoms in total. The smallest absolute Gasteiger partial charge is 0.259 e. The molecule has 0 spiro atoms. The van der Waals surface area contributed by atoms with Gasteiger partial charge in [0.15, 0.2) is 0 Å². The van der Waals surface area contributed by atoms with E-state index in [9.17, 15) is 5.21 Å². The second kappa shape index (κ2) is 5.22. The van der Waals surface area contributed by atoms with Crippen molar-refractivity contribution >= 4 is 15.9 Å². The van der Waals surface area contributed by atoms with Crippen LogP contribution in [0.15, 0.2) is 34.8 Å². The predicted octanol–water partition coefficient (Wildman–Crippen LogP) is 2.72. The third-order valence-electron chi connectivity index (χ3n) is 2.40. The maximum absolute atomic E-state index is 9.65. The van der Waals surface area contributed by atoms with E-state index in [4.69, 9.17) is 10.1 Å². The lowest BCUT2D eigenvalue weighted by Gasteiger charge is -2.11. The summed E-state index contributed by atoms with van der Waals surface area (Å²) in [6, 6.07) is 9.17. The number of nitrogens with one attached hydrogen (secondary N) is 1. The van der Waals surface area contributed by atoms with Crippen LogP contribution in [0.1, 0.15) is 12.6 Å². The SMILES string of the molecule is CCc1c(Br)c(Oc2ccccc2)nc(=N)n1O. The van der Waals surface area contributed by atoms with Crippen molar-refractivity contribution in [1.29, 1.82) is 5.41 Å². The summed E-state index contributed by atoms with van der Waals surface area (Å²) in [4.78, 5) is 3.89. The maximum atomic E-state index is 9.65. The number of rotatable bonds is 3. The summed E-state index contributed by atoms with van der Waals surface area (Å²) in [5, 5.41) is 17.2. The van der Waals surface area contributed by atoms with Gasteiger partial charge in [0.25, 0.3) is 5.62 Å². The van der Waals surface area contributed by atoms with E-state index in [0.717, 1.165) is 4.73 Å². The van der Waals surface area contributed by atoms with Crippen LogP contribution in [0, 0.1) is 5.41 Å². The quantitative estimate of drug-likeness (QED) is 0.856. The van der Waals surface area contributed by atoms with E-state index in [1.165, 1.54) is 0 Å². The number of para-hydroxylation sites is 1. The van der Waals surface area contributed by atoms with Gasteiger partial charge in [-0.05, 0) is 34.5 Å². The largest absolute Gasteiger partial charge is 0.438 e. The molecule has 0 fully saturated rings. The molecular weight excluding hydrogens is 298 g/mol. The predicted molar refractivity (Wildman–Crippen MR) is 68.9 cm³/mol. The fourth-order valence-corrected chi connectivity index (χ4v) is 2.13. The van der Waals surface area contributed by atoms with Gasteiger partial charge < -0.3 is 9.94 Å². The molecule has 0 bridgehead atoms. The van der Waals surface area contributed by atoms with Gasteiger partial charge in [-0.1, -0.05) is 25.1 Å². The molecule has 0 saturated heterocycles. The van der Waals surface area contributed by atoms with E-state index in [-0.39, 0.29) is 11.5 Å². The average molecular weight is 310 g/mol. The zero-order chi connectivity index (χ0) is 13.1. The van der Waals surface area contributed by atoms with Crippen molar-refractivity contribution in [2.24, 2.45) is 0 Å². The number of halogens is 1. The molecule has 1 aromatic carbocycles. The summed E-state index contributed by atoms with van der Waals surface area (Å²) in [5.41, 5.74) is 0.280. The summed E-state index contributed by atoms with van der Waals surface area (Å²) in [5.74, 6) is 0.899. The molecule has 0 amide bonds. The van der Waals surface area contributed by atoms with Gasteiger partial charge in [0.05, 0.1) is 5.69 Å². The van der Waals surface area contributed by atoms with E-state index in [1.807, 2.05) is 25.1 Å². The van der Waals surface area contributed by atoms with Crippen LogP contribution in [0.4, 0.5) is 0 Å². The Hall–Kier alpha value is -1.82. The van der Waals surface area contributed by atoms with Crippen LogP contribution in [0.3, 0.4) is 0 Å². The molecule has 2 aromatic rings. The molecule has 0 radical (unpaired) electrons. The molecule has 6 heteroatoms. The highest BCUT2D eigenvalue weighted by Gasteiger charge is 2.13. The lowest BCUT2D eigenvalue weighted by Crippen LogP contribution is -2.25. The first-order chi connectivity index (χ1) is 8.63. The molecule has 94 valence electrons.